The lowest BCUT2D eigenvalue weighted by Crippen LogP contribution is -2.37. The molecular weight excluding hydrogens is 212 g/mol. The van der Waals surface area contributed by atoms with E-state index in [2.05, 4.69) is 31.4 Å². The summed E-state index contributed by atoms with van der Waals surface area (Å²) in [6.07, 6.45) is 4.59. The van der Waals surface area contributed by atoms with E-state index in [9.17, 15) is 4.79 Å². The number of amides is 1. The molecule has 3 heteroatoms. The summed E-state index contributed by atoms with van der Waals surface area (Å²) in [4.78, 5) is 12.1. The molecule has 1 saturated carbocycles. The Morgan fingerprint density at radius 1 is 1.41 bits per heavy atom. The monoisotopic (exact) mass is 238 g/mol. The van der Waals surface area contributed by atoms with E-state index >= 15 is 0 Å². The van der Waals surface area contributed by atoms with E-state index in [1.807, 2.05) is 0 Å². The van der Waals surface area contributed by atoms with Gasteiger partial charge in [0.2, 0.25) is 5.91 Å². The number of carbonyl (C=O) groups is 1. The number of carbonyl (C=O) groups excluding carboxylic acids is 1. The SMILES string of the molecule is CCC(C)(C)CNC(=O)C1CC12CCNCC2. The maximum atomic E-state index is 12.1. The summed E-state index contributed by atoms with van der Waals surface area (Å²) in [5.74, 6) is 0.602. The Kier molecular flexibility index (Phi) is 3.48. The van der Waals surface area contributed by atoms with Crippen LogP contribution in [0.1, 0.15) is 46.5 Å². The quantitative estimate of drug-likeness (QED) is 0.786. The molecule has 2 aliphatic rings. The predicted octanol–water partition coefficient (Wildman–Crippen LogP) is 1.93. The van der Waals surface area contributed by atoms with Crippen LogP contribution in [0.5, 0.6) is 0 Å². The number of piperidine rings is 1. The number of nitrogens with one attached hydrogen (secondary N) is 2. The lowest BCUT2D eigenvalue weighted by molar-refractivity contribution is -0.123. The topological polar surface area (TPSA) is 41.1 Å². The molecule has 17 heavy (non-hydrogen) atoms. The number of hydrogen-bond donors (Lipinski definition) is 2. The van der Waals surface area contributed by atoms with Crippen LogP contribution in [0.2, 0.25) is 0 Å². The third-order valence-corrected chi connectivity index (χ3v) is 4.80. The summed E-state index contributed by atoms with van der Waals surface area (Å²) in [5.41, 5.74) is 0.595. The fourth-order valence-corrected chi connectivity index (χ4v) is 2.77. The Morgan fingerprint density at radius 2 is 2.06 bits per heavy atom. The van der Waals surface area contributed by atoms with Crippen molar-refractivity contribution < 1.29 is 4.79 Å². The minimum atomic E-state index is 0.228. The summed E-state index contributed by atoms with van der Waals surface area (Å²) in [6, 6.07) is 0. The molecule has 1 amide bonds. The first kappa shape index (κ1) is 12.9. The van der Waals surface area contributed by atoms with Gasteiger partial charge in [0.05, 0.1) is 0 Å². The fourth-order valence-electron chi connectivity index (χ4n) is 2.77. The van der Waals surface area contributed by atoms with Crippen LogP contribution in [0.25, 0.3) is 0 Å². The summed E-state index contributed by atoms with van der Waals surface area (Å²) in [6.45, 7) is 9.58. The molecule has 3 nitrogen and oxygen atoms in total. The van der Waals surface area contributed by atoms with Crippen molar-refractivity contribution >= 4 is 5.91 Å². The van der Waals surface area contributed by atoms with Crippen LogP contribution in [0.4, 0.5) is 0 Å². The molecule has 1 unspecified atom stereocenters. The third-order valence-electron chi connectivity index (χ3n) is 4.80. The summed E-state index contributed by atoms with van der Waals surface area (Å²) in [7, 11) is 0. The molecule has 2 N–H and O–H groups in total. The van der Waals surface area contributed by atoms with Crippen LogP contribution >= 0.6 is 0 Å². The maximum absolute atomic E-state index is 12.1. The molecule has 2 fully saturated rings. The van der Waals surface area contributed by atoms with Gasteiger partial charge < -0.3 is 10.6 Å². The van der Waals surface area contributed by atoms with E-state index < -0.39 is 0 Å². The zero-order valence-corrected chi connectivity index (χ0v) is 11.4. The summed E-state index contributed by atoms with van der Waals surface area (Å²) < 4.78 is 0. The number of rotatable bonds is 4. The van der Waals surface area contributed by atoms with Crippen LogP contribution in [0.3, 0.4) is 0 Å². The molecule has 0 aromatic rings. The second-order valence-electron chi connectivity index (χ2n) is 6.60. The second-order valence-corrected chi connectivity index (χ2v) is 6.60. The molecule has 1 aliphatic heterocycles. The second kappa shape index (κ2) is 4.60. The fraction of sp³-hybridized carbons (Fsp3) is 0.929. The zero-order valence-electron chi connectivity index (χ0n) is 11.4. The van der Waals surface area contributed by atoms with Gasteiger partial charge in [0.1, 0.15) is 0 Å². The van der Waals surface area contributed by atoms with Gasteiger partial charge in [-0.1, -0.05) is 20.8 Å². The maximum Gasteiger partial charge on any atom is 0.223 e. The lowest BCUT2D eigenvalue weighted by atomic mass is 9.89. The Bertz CT molecular complexity index is 293. The van der Waals surface area contributed by atoms with Gasteiger partial charge in [0, 0.05) is 12.5 Å². The summed E-state index contributed by atoms with van der Waals surface area (Å²) >= 11 is 0. The first-order valence-electron chi connectivity index (χ1n) is 6.98. The van der Waals surface area contributed by atoms with Gasteiger partial charge in [-0.3, -0.25) is 4.79 Å². The predicted molar refractivity (Wildman–Crippen MR) is 69.7 cm³/mol. The molecule has 98 valence electrons. The first-order valence-corrected chi connectivity index (χ1v) is 6.98. The van der Waals surface area contributed by atoms with E-state index in [1.165, 1.54) is 12.8 Å². The van der Waals surface area contributed by atoms with Crippen molar-refractivity contribution in [1.29, 1.82) is 0 Å². The molecule has 0 aromatic heterocycles. The molecule has 1 aliphatic carbocycles. The van der Waals surface area contributed by atoms with Crippen LogP contribution < -0.4 is 10.6 Å². The smallest absolute Gasteiger partial charge is 0.223 e. The van der Waals surface area contributed by atoms with Crippen LogP contribution in [0.15, 0.2) is 0 Å². The molecule has 2 rings (SSSR count). The first-order chi connectivity index (χ1) is 7.99. The van der Waals surface area contributed by atoms with Crippen molar-refractivity contribution in [3.8, 4) is 0 Å². The highest BCUT2D eigenvalue weighted by Gasteiger charge is 2.57. The third kappa shape index (κ3) is 2.82. The standard InChI is InChI=1S/C14H26N2O/c1-4-13(2,3)10-16-12(17)11-9-14(11)5-7-15-8-6-14/h11,15H,4-10H2,1-3H3,(H,16,17). The van der Waals surface area contributed by atoms with Crippen molar-refractivity contribution in [3.63, 3.8) is 0 Å². The highest BCUT2D eigenvalue weighted by Crippen LogP contribution is 2.58. The van der Waals surface area contributed by atoms with Gasteiger partial charge in [-0.2, -0.15) is 0 Å². The molecule has 0 radical (unpaired) electrons. The van der Waals surface area contributed by atoms with Crippen LogP contribution in [-0.4, -0.2) is 25.5 Å². The van der Waals surface area contributed by atoms with Crippen molar-refractivity contribution in [1.82, 2.24) is 10.6 Å². The Labute approximate surface area is 105 Å². The average Bonchev–Trinajstić information content (AvgIpc) is 3.01. The molecule has 1 saturated heterocycles. The zero-order chi connectivity index (χ0) is 12.5. The van der Waals surface area contributed by atoms with Crippen molar-refractivity contribution in [3.05, 3.63) is 0 Å². The largest absolute Gasteiger partial charge is 0.355 e. The van der Waals surface area contributed by atoms with Crippen LogP contribution in [0, 0.1) is 16.7 Å². The van der Waals surface area contributed by atoms with Gasteiger partial charge in [0.15, 0.2) is 0 Å². The lowest BCUT2D eigenvalue weighted by Gasteiger charge is -2.25. The van der Waals surface area contributed by atoms with Crippen molar-refractivity contribution in [2.45, 2.75) is 46.5 Å². The minimum Gasteiger partial charge on any atom is -0.355 e. The Morgan fingerprint density at radius 3 is 2.65 bits per heavy atom. The van der Waals surface area contributed by atoms with E-state index in [0.29, 0.717) is 17.2 Å². The van der Waals surface area contributed by atoms with Crippen molar-refractivity contribution in [2.24, 2.45) is 16.7 Å². The molecule has 0 aromatic carbocycles. The van der Waals surface area contributed by atoms with E-state index in [1.54, 1.807) is 0 Å². The van der Waals surface area contributed by atoms with Gasteiger partial charge in [-0.05, 0) is 49.6 Å². The molecule has 1 atom stereocenters. The number of hydrogen-bond acceptors (Lipinski definition) is 2. The molecule has 1 spiro atoms. The normalized spacial score (nSPS) is 26.9. The molecule has 1 heterocycles. The van der Waals surface area contributed by atoms with E-state index in [0.717, 1.165) is 32.5 Å². The van der Waals surface area contributed by atoms with Gasteiger partial charge >= 0.3 is 0 Å². The van der Waals surface area contributed by atoms with Gasteiger partial charge in [-0.15, -0.1) is 0 Å². The van der Waals surface area contributed by atoms with Gasteiger partial charge in [0.25, 0.3) is 0 Å². The summed E-state index contributed by atoms with van der Waals surface area (Å²) in [5, 5.41) is 6.52. The van der Waals surface area contributed by atoms with Gasteiger partial charge in [-0.25, -0.2) is 0 Å². The van der Waals surface area contributed by atoms with E-state index in [4.69, 9.17) is 0 Å². The average molecular weight is 238 g/mol. The van der Waals surface area contributed by atoms with Crippen molar-refractivity contribution in [2.75, 3.05) is 19.6 Å². The minimum absolute atomic E-state index is 0.228. The Hall–Kier alpha value is -0.570. The molecular formula is C14H26N2O. The van der Waals surface area contributed by atoms with Crippen LogP contribution in [-0.2, 0) is 4.79 Å². The van der Waals surface area contributed by atoms with E-state index in [-0.39, 0.29) is 5.41 Å². The molecule has 0 bridgehead atoms. The highest BCUT2D eigenvalue weighted by molar-refractivity contribution is 5.82. The Balaban J connectivity index is 1.79. The highest BCUT2D eigenvalue weighted by atomic mass is 16.2.